The molecule has 0 atom stereocenters. The summed E-state index contributed by atoms with van der Waals surface area (Å²) in [4.78, 5) is 3.42. The zero-order chi connectivity index (χ0) is 13.2. The summed E-state index contributed by atoms with van der Waals surface area (Å²) in [6, 6.07) is 0.837. The molecule has 104 valence electrons. The molecule has 0 spiro atoms. The van der Waals surface area contributed by atoms with E-state index in [2.05, 4.69) is 18.7 Å². The van der Waals surface area contributed by atoms with Gasteiger partial charge < -0.3 is 10.6 Å². The largest absolute Gasteiger partial charge is 0.393 e. The van der Waals surface area contributed by atoms with Crippen LogP contribution >= 0.6 is 12.2 Å². The molecule has 2 rings (SSSR count). The van der Waals surface area contributed by atoms with Crippen molar-refractivity contribution in [3.63, 3.8) is 0 Å². The molecule has 0 aromatic heterocycles. The summed E-state index contributed by atoms with van der Waals surface area (Å²) in [7, 11) is 0. The van der Waals surface area contributed by atoms with Gasteiger partial charge in [0.2, 0.25) is 0 Å². The van der Waals surface area contributed by atoms with Crippen LogP contribution in [0.4, 0.5) is 0 Å². The lowest BCUT2D eigenvalue weighted by atomic mass is 9.78. The molecule has 0 aromatic carbocycles. The Bertz CT molecular complexity index is 287. The minimum absolute atomic E-state index is 0.118. The highest BCUT2D eigenvalue weighted by Crippen LogP contribution is 2.35. The summed E-state index contributed by atoms with van der Waals surface area (Å²) in [6.07, 6.45) is 9.34. The highest BCUT2D eigenvalue weighted by Gasteiger charge is 2.35. The minimum atomic E-state index is 0.118. The molecule has 1 aliphatic carbocycles. The third-order valence-electron chi connectivity index (χ3n) is 5.41. The van der Waals surface area contributed by atoms with Crippen LogP contribution in [-0.2, 0) is 0 Å². The normalized spacial score (nSPS) is 33.2. The van der Waals surface area contributed by atoms with Crippen LogP contribution in [0.5, 0.6) is 0 Å². The number of rotatable bonds is 3. The second-order valence-electron chi connectivity index (χ2n) is 6.54. The number of nitrogens with zero attached hydrogens (tertiary/aromatic N) is 1. The monoisotopic (exact) mass is 268 g/mol. The molecule has 0 bridgehead atoms. The Morgan fingerprint density at radius 3 is 2.22 bits per heavy atom. The minimum Gasteiger partial charge on any atom is -0.393 e. The maximum atomic E-state index is 5.87. The molecule has 18 heavy (non-hydrogen) atoms. The Balaban J connectivity index is 1.82. The van der Waals surface area contributed by atoms with E-state index in [1.54, 1.807) is 0 Å². The summed E-state index contributed by atoms with van der Waals surface area (Å²) in [5, 5.41) is 0. The highest BCUT2D eigenvalue weighted by atomic mass is 32.1. The standard InChI is InChI=1S/C15H28N2S/c1-3-12-4-6-13(7-5-12)17-10-8-15(2,9-11-17)14(16)18/h12-13H,3-11H2,1-2H3,(H2,16,18). The van der Waals surface area contributed by atoms with Crippen LogP contribution in [0.1, 0.15) is 58.8 Å². The van der Waals surface area contributed by atoms with Crippen molar-refractivity contribution < 1.29 is 0 Å². The van der Waals surface area contributed by atoms with E-state index >= 15 is 0 Å². The van der Waals surface area contributed by atoms with Gasteiger partial charge in [-0.2, -0.15) is 0 Å². The number of thiocarbonyl (C=S) groups is 1. The maximum absolute atomic E-state index is 5.87. The first-order chi connectivity index (χ1) is 8.55. The average Bonchev–Trinajstić information content (AvgIpc) is 2.40. The lowest BCUT2D eigenvalue weighted by molar-refractivity contribution is 0.0838. The number of hydrogen-bond donors (Lipinski definition) is 1. The lowest BCUT2D eigenvalue weighted by Gasteiger charge is -2.44. The van der Waals surface area contributed by atoms with E-state index in [1.165, 1.54) is 45.2 Å². The summed E-state index contributed by atoms with van der Waals surface area (Å²) >= 11 is 5.21. The SMILES string of the molecule is CCC1CCC(N2CCC(C)(C(N)=S)CC2)CC1. The molecule has 1 heterocycles. The van der Waals surface area contributed by atoms with E-state index in [0.717, 1.165) is 29.8 Å². The fourth-order valence-corrected chi connectivity index (χ4v) is 3.75. The van der Waals surface area contributed by atoms with Crippen LogP contribution in [0.25, 0.3) is 0 Å². The third kappa shape index (κ3) is 3.05. The number of likely N-dealkylation sites (tertiary alicyclic amines) is 1. The van der Waals surface area contributed by atoms with Gasteiger partial charge in [-0.3, -0.25) is 0 Å². The molecule has 1 saturated heterocycles. The first-order valence-corrected chi connectivity index (χ1v) is 8.00. The number of piperidine rings is 1. The van der Waals surface area contributed by atoms with Crippen LogP contribution in [0.15, 0.2) is 0 Å². The predicted molar refractivity (Wildman–Crippen MR) is 81.7 cm³/mol. The van der Waals surface area contributed by atoms with Crippen molar-refractivity contribution in [2.75, 3.05) is 13.1 Å². The van der Waals surface area contributed by atoms with E-state index < -0.39 is 0 Å². The van der Waals surface area contributed by atoms with E-state index in [1.807, 2.05) is 0 Å². The summed E-state index contributed by atoms with van der Waals surface area (Å²) in [6.45, 7) is 6.95. The zero-order valence-corrected chi connectivity index (χ0v) is 12.8. The van der Waals surface area contributed by atoms with Gasteiger partial charge in [-0.25, -0.2) is 0 Å². The quantitative estimate of drug-likeness (QED) is 0.796. The van der Waals surface area contributed by atoms with Crippen molar-refractivity contribution in [3.05, 3.63) is 0 Å². The van der Waals surface area contributed by atoms with Crippen molar-refractivity contribution in [2.45, 2.75) is 64.8 Å². The Morgan fingerprint density at radius 2 is 1.78 bits per heavy atom. The van der Waals surface area contributed by atoms with Crippen LogP contribution in [0.3, 0.4) is 0 Å². The molecule has 3 heteroatoms. The van der Waals surface area contributed by atoms with Gasteiger partial charge in [-0.15, -0.1) is 0 Å². The molecule has 1 aliphatic heterocycles. The van der Waals surface area contributed by atoms with Gasteiger partial charge in [0.1, 0.15) is 0 Å². The molecule has 1 saturated carbocycles. The van der Waals surface area contributed by atoms with Crippen molar-refractivity contribution in [3.8, 4) is 0 Å². The topological polar surface area (TPSA) is 29.3 Å². The fourth-order valence-electron chi connectivity index (χ4n) is 3.55. The molecule has 2 fully saturated rings. The summed E-state index contributed by atoms with van der Waals surface area (Å²) in [5.74, 6) is 0.993. The first kappa shape index (κ1) is 14.3. The molecule has 0 aromatic rings. The molecule has 0 amide bonds. The number of hydrogen-bond acceptors (Lipinski definition) is 2. The van der Waals surface area contributed by atoms with Crippen molar-refractivity contribution >= 4 is 17.2 Å². The maximum Gasteiger partial charge on any atom is 0.0788 e. The van der Waals surface area contributed by atoms with Crippen LogP contribution in [-0.4, -0.2) is 29.0 Å². The van der Waals surface area contributed by atoms with Gasteiger partial charge in [0.25, 0.3) is 0 Å². The van der Waals surface area contributed by atoms with Crippen LogP contribution in [0.2, 0.25) is 0 Å². The average molecular weight is 268 g/mol. The second-order valence-corrected chi connectivity index (χ2v) is 6.98. The van der Waals surface area contributed by atoms with Crippen molar-refractivity contribution in [2.24, 2.45) is 17.1 Å². The van der Waals surface area contributed by atoms with Gasteiger partial charge >= 0.3 is 0 Å². The van der Waals surface area contributed by atoms with E-state index in [0.29, 0.717) is 0 Å². The van der Waals surface area contributed by atoms with E-state index in [4.69, 9.17) is 18.0 Å². The Kier molecular flexibility index (Phi) is 4.65. The Hall–Kier alpha value is -0.150. The lowest BCUT2D eigenvalue weighted by Crippen LogP contribution is -2.49. The van der Waals surface area contributed by atoms with Gasteiger partial charge in [-0.1, -0.05) is 32.5 Å². The van der Waals surface area contributed by atoms with E-state index in [9.17, 15) is 0 Å². The van der Waals surface area contributed by atoms with Gasteiger partial charge in [0.05, 0.1) is 4.99 Å². The molecular weight excluding hydrogens is 240 g/mol. The van der Waals surface area contributed by atoms with Gasteiger partial charge in [0, 0.05) is 11.5 Å². The predicted octanol–water partition coefficient (Wildman–Crippen LogP) is 3.34. The molecule has 0 unspecified atom stereocenters. The molecule has 2 nitrogen and oxygen atoms in total. The van der Waals surface area contributed by atoms with Crippen molar-refractivity contribution in [1.82, 2.24) is 4.90 Å². The summed E-state index contributed by atoms with van der Waals surface area (Å²) in [5.41, 5.74) is 5.99. The first-order valence-electron chi connectivity index (χ1n) is 7.59. The zero-order valence-electron chi connectivity index (χ0n) is 12.0. The molecule has 0 radical (unpaired) electrons. The van der Waals surface area contributed by atoms with Gasteiger partial charge in [0.15, 0.2) is 0 Å². The van der Waals surface area contributed by atoms with Crippen LogP contribution in [0, 0.1) is 11.3 Å². The van der Waals surface area contributed by atoms with Gasteiger partial charge in [-0.05, 0) is 57.5 Å². The smallest absolute Gasteiger partial charge is 0.0788 e. The number of nitrogens with two attached hydrogens (primary N) is 1. The van der Waals surface area contributed by atoms with Crippen molar-refractivity contribution in [1.29, 1.82) is 0 Å². The molecule has 2 N–H and O–H groups in total. The second kappa shape index (κ2) is 5.87. The molecule has 2 aliphatic rings. The fraction of sp³-hybridized carbons (Fsp3) is 0.933. The van der Waals surface area contributed by atoms with E-state index in [-0.39, 0.29) is 5.41 Å². The Morgan fingerprint density at radius 1 is 1.22 bits per heavy atom. The molecular formula is C15H28N2S. The highest BCUT2D eigenvalue weighted by molar-refractivity contribution is 7.80. The Labute approximate surface area is 117 Å². The summed E-state index contributed by atoms with van der Waals surface area (Å²) < 4.78 is 0. The third-order valence-corrected chi connectivity index (χ3v) is 5.90. The van der Waals surface area contributed by atoms with Crippen LogP contribution < -0.4 is 5.73 Å².